The summed E-state index contributed by atoms with van der Waals surface area (Å²) in [5.41, 5.74) is 1.10. The van der Waals surface area contributed by atoms with Crippen LogP contribution in [0.3, 0.4) is 0 Å². The maximum atomic E-state index is 13.5. The highest BCUT2D eigenvalue weighted by molar-refractivity contribution is 7.89. The number of rotatable bonds is 8. The third-order valence-electron chi connectivity index (χ3n) is 5.88. The number of piperidine rings is 1. The molecule has 0 spiro atoms. The molecule has 0 radical (unpaired) electrons. The number of thiazole rings is 1. The smallest absolute Gasteiger partial charge is 0.260 e. The Kier molecular flexibility index (Phi) is 9.53. The molecule has 1 saturated heterocycles. The molecule has 4 rings (SSSR count). The van der Waals surface area contributed by atoms with E-state index in [9.17, 15) is 13.2 Å². The number of hydrogen-bond donors (Lipinski definition) is 0. The third-order valence-corrected chi connectivity index (χ3v) is 9.14. The average molecular weight is 558 g/mol. The van der Waals surface area contributed by atoms with Gasteiger partial charge in [-0.05, 0) is 76.3 Å². The van der Waals surface area contributed by atoms with Crippen molar-refractivity contribution in [1.29, 1.82) is 0 Å². The summed E-state index contributed by atoms with van der Waals surface area (Å²) in [6, 6.07) is 11.8. The van der Waals surface area contributed by atoms with Crippen LogP contribution in [0.5, 0.6) is 0 Å². The molecule has 3 aromatic rings. The molecule has 0 N–H and O–H groups in total. The van der Waals surface area contributed by atoms with Crippen LogP contribution >= 0.6 is 35.3 Å². The van der Waals surface area contributed by atoms with Crippen LogP contribution in [0.15, 0.2) is 47.4 Å². The molecule has 1 aliphatic heterocycles. The zero-order chi connectivity index (χ0) is 24.3. The molecule has 7 nitrogen and oxygen atoms in total. The predicted molar refractivity (Wildman–Crippen MR) is 146 cm³/mol. The quantitative estimate of drug-likeness (QED) is 0.383. The van der Waals surface area contributed by atoms with Gasteiger partial charge in [0.25, 0.3) is 5.91 Å². The predicted octanol–water partition coefficient (Wildman–Crippen LogP) is 5.14. The molecule has 1 aromatic heterocycles. The molecule has 11 heteroatoms. The van der Waals surface area contributed by atoms with E-state index in [0.29, 0.717) is 40.9 Å². The van der Waals surface area contributed by atoms with Crippen molar-refractivity contribution in [2.45, 2.75) is 30.6 Å². The van der Waals surface area contributed by atoms with Gasteiger partial charge in [-0.25, -0.2) is 13.4 Å². The normalized spacial score (nSPS) is 14.7. The lowest BCUT2D eigenvalue weighted by Crippen LogP contribution is -2.35. The van der Waals surface area contributed by atoms with Gasteiger partial charge in [0.2, 0.25) is 10.0 Å². The van der Waals surface area contributed by atoms with Gasteiger partial charge in [0.15, 0.2) is 5.13 Å². The minimum atomic E-state index is -3.54. The second-order valence-electron chi connectivity index (χ2n) is 8.69. The number of amides is 1. The number of benzene rings is 2. The monoisotopic (exact) mass is 556 g/mol. The summed E-state index contributed by atoms with van der Waals surface area (Å²) in [6.45, 7) is 2.40. The van der Waals surface area contributed by atoms with E-state index in [0.717, 1.165) is 36.9 Å². The van der Waals surface area contributed by atoms with Crippen molar-refractivity contribution in [2.75, 3.05) is 45.2 Å². The Labute approximate surface area is 222 Å². The molecule has 2 aromatic carbocycles. The minimum absolute atomic E-state index is 0. The van der Waals surface area contributed by atoms with Gasteiger partial charge < -0.3 is 4.90 Å². The van der Waals surface area contributed by atoms with Gasteiger partial charge in [0, 0.05) is 25.2 Å². The topological polar surface area (TPSA) is 73.8 Å². The zero-order valence-electron chi connectivity index (χ0n) is 19.8. The Bertz CT molecular complexity index is 1260. The molecule has 1 amide bonds. The largest absolute Gasteiger partial charge is 0.309 e. The Morgan fingerprint density at radius 2 is 1.74 bits per heavy atom. The highest BCUT2D eigenvalue weighted by Gasteiger charge is 2.27. The summed E-state index contributed by atoms with van der Waals surface area (Å²) in [4.78, 5) is 22.1. The second-order valence-corrected chi connectivity index (χ2v) is 12.0. The van der Waals surface area contributed by atoms with Crippen LogP contribution in [0, 0.1) is 0 Å². The highest BCUT2D eigenvalue weighted by atomic mass is 35.5. The van der Waals surface area contributed by atoms with E-state index >= 15 is 0 Å². The molecule has 0 unspecified atom stereocenters. The average Bonchev–Trinajstić information content (AvgIpc) is 3.27. The maximum Gasteiger partial charge on any atom is 0.260 e. The number of carbonyl (C=O) groups is 1. The molecule has 190 valence electrons. The summed E-state index contributed by atoms with van der Waals surface area (Å²) in [6.07, 6.45) is 3.58. The fourth-order valence-corrected chi connectivity index (χ4v) is 6.83. The zero-order valence-corrected chi connectivity index (χ0v) is 23.0. The molecule has 0 saturated carbocycles. The highest BCUT2D eigenvalue weighted by Crippen LogP contribution is 2.33. The van der Waals surface area contributed by atoms with Crippen molar-refractivity contribution in [3.8, 4) is 0 Å². The molecule has 1 aliphatic rings. The fourth-order valence-electron chi connectivity index (χ4n) is 4.03. The van der Waals surface area contributed by atoms with Crippen LogP contribution in [-0.4, -0.2) is 68.8 Å². The summed E-state index contributed by atoms with van der Waals surface area (Å²) < 4.78 is 28.4. The fraction of sp³-hybridized carbons (Fsp3) is 0.417. The van der Waals surface area contributed by atoms with Gasteiger partial charge in [0.05, 0.1) is 14.6 Å². The molecule has 1 fully saturated rings. The van der Waals surface area contributed by atoms with Crippen LogP contribution in [0.25, 0.3) is 10.2 Å². The Hall–Kier alpha value is -1.75. The maximum absolute atomic E-state index is 13.5. The Balaban J connectivity index is 0.00000342. The Morgan fingerprint density at radius 3 is 2.37 bits per heavy atom. The number of nitrogens with zero attached hydrogens (tertiary/aromatic N) is 4. The third kappa shape index (κ3) is 6.34. The second kappa shape index (κ2) is 12.0. The van der Waals surface area contributed by atoms with E-state index in [1.54, 1.807) is 23.1 Å². The lowest BCUT2D eigenvalue weighted by molar-refractivity contribution is 0.0986. The van der Waals surface area contributed by atoms with Crippen molar-refractivity contribution in [3.63, 3.8) is 0 Å². The van der Waals surface area contributed by atoms with Gasteiger partial charge in [0.1, 0.15) is 5.52 Å². The SMILES string of the molecule is CN(C)CCCN(C(=O)c1ccc(S(=O)(=O)N2CCCCC2)cc1)c1nc2c(Cl)cccc2s1.Cl. The summed E-state index contributed by atoms with van der Waals surface area (Å²) >= 11 is 7.74. The van der Waals surface area contributed by atoms with E-state index in [-0.39, 0.29) is 23.2 Å². The number of sulfonamides is 1. The Morgan fingerprint density at radius 1 is 1.06 bits per heavy atom. The van der Waals surface area contributed by atoms with E-state index < -0.39 is 10.0 Å². The van der Waals surface area contributed by atoms with Crippen molar-refractivity contribution >= 4 is 66.6 Å². The van der Waals surface area contributed by atoms with Crippen LogP contribution in [0.2, 0.25) is 5.02 Å². The van der Waals surface area contributed by atoms with Crippen molar-refractivity contribution in [3.05, 3.63) is 53.1 Å². The first-order valence-electron chi connectivity index (χ1n) is 11.4. The van der Waals surface area contributed by atoms with Gasteiger partial charge in [-0.15, -0.1) is 12.4 Å². The summed E-state index contributed by atoms with van der Waals surface area (Å²) in [7, 11) is 0.438. The first-order valence-corrected chi connectivity index (χ1v) is 14.0. The number of anilines is 1. The molecule has 0 aliphatic carbocycles. The summed E-state index contributed by atoms with van der Waals surface area (Å²) in [5, 5.41) is 1.13. The number of fused-ring (bicyclic) bond motifs is 1. The van der Waals surface area contributed by atoms with Crippen LogP contribution in [0.1, 0.15) is 36.0 Å². The van der Waals surface area contributed by atoms with Gasteiger partial charge in [-0.1, -0.05) is 35.4 Å². The lowest BCUT2D eigenvalue weighted by Gasteiger charge is -2.26. The number of carbonyl (C=O) groups excluding carboxylic acids is 1. The first kappa shape index (κ1) is 27.8. The standard InChI is InChI=1S/C24H29ClN4O3S2.ClH/c1-27(2)14-7-17-29(24-26-22-20(25)8-6-9-21(22)33-24)23(30)18-10-12-19(13-11-18)34(31,32)28-15-4-3-5-16-28;/h6,8-13H,3-5,7,14-17H2,1-2H3;1H. The molecular formula is C24H30Cl2N4O3S2. The molecule has 2 heterocycles. The molecule has 35 heavy (non-hydrogen) atoms. The lowest BCUT2D eigenvalue weighted by atomic mass is 10.2. The van der Waals surface area contributed by atoms with E-state index in [4.69, 9.17) is 11.6 Å². The van der Waals surface area contributed by atoms with Gasteiger partial charge >= 0.3 is 0 Å². The van der Waals surface area contributed by atoms with Gasteiger partial charge in [-0.2, -0.15) is 4.31 Å². The van der Waals surface area contributed by atoms with Crippen LogP contribution < -0.4 is 4.90 Å². The summed E-state index contributed by atoms with van der Waals surface area (Å²) in [5.74, 6) is -0.212. The van der Waals surface area contributed by atoms with Gasteiger partial charge in [-0.3, -0.25) is 9.69 Å². The molecule has 0 atom stereocenters. The number of aromatic nitrogens is 1. The van der Waals surface area contributed by atoms with Crippen LogP contribution in [0.4, 0.5) is 5.13 Å². The number of para-hydroxylation sites is 1. The van der Waals surface area contributed by atoms with E-state index in [1.807, 2.05) is 26.2 Å². The van der Waals surface area contributed by atoms with E-state index in [1.165, 1.54) is 27.8 Å². The van der Waals surface area contributed by atoms with Crippen LogP contribution in [-0.2, 0) is 10.0 Å². The first-order chi connectivity index (χ1) is 16.3. The van der Waals surface area contributed by atoms with Crippen molar-refractivity contribution < 1.29 is 13.2 Å². The number of halogens is 2. The minimum Gasteiger partial charge on any atom is -0.309 e. The molecule has 0 bridgehead atoms. The molecular weight excluding hydrogens is 527 g/mol. The van der Waals surface area contributed by atoms with Crippen molar-refractivity contribution in [2.24, 2.45) is 0 Å². The van der Waals surface area contributed by atoms with E-state index in [2.05, 4.69) is 9.88 Å². The van der Waals surface area contributed by atoms with Crippen molar-refractivity contribution in [1.82, 2.24) is 14.2 Å². The number of hydrogen-bond acceptors (Lipinski definition) is 6.